The number of ether oxygens (including phenoxy) is 2. The Labute approximate surface area is 334 Å². The summed E-state index contributed by atoms with van der Waals surface area (Å²) in [5, 5.41) is 10.9. The van der Waals surface area contributed by atoms with Crippen molar-refractivity contribution in [3.05, 3.63) is 129 Å². The number of para-hydroxylation sites is 1. The van der Waals surface area contributed by atoms with E-state index in [0.29, 0.717) is 22.2 Å². The van der Waals surface area contributed by atoms with Crippen LogP contribution in [0.5, 0.6) is 5.75 Å². The number of anilines is 1. The average Bonchev–Trinajstić information content (AvgIpc) is 4.01. The number of H-pyrrole nitrogens is 1. The number of oxazole rings is 2. The number of halogens is 2. The first-order chi connectivity index (χ1) is 27.7. The van der Waals surface area contributed by atoms with Crippen molar-refractivity contribution >= 4 is 51.8 Å². The molecule has 0 radical (unpaired) electrons. The number of carbonyl (C=O) groups excluding carboxylic acids is 2. The van der Waals surface area contributed by atoms with Gasteiger partial charge in [-0.25, -0.2) is 9.78 Å². The Kier molecular flexibility index (Phi) is 7.39. The number of amides is 2. The number of fused-ring (bicyclic) bond motifs is 8. The van der Waals surface area contributed by atoms with E-state index in [1.54, 1.807) is 0 Å². The summed E-state index contributed by atoms with van der Waals surface area (Å²) < 4.78 is 26.0. The van der Waals surface area contributed by atoms with E-state index < -0.39 is 35.7 Å². The van der Waals surface area contributed by atoms with Crippen molar-refractivity contribution in [2.45, 2.75) is 50.6 Å². The van der Waals surface area contributed by atoms with Crippen LogP contribution >= 0.6 is 23.2 Å². The maximum Gasteiger partial charge on any atom is 0.408 e. The van der Waals surface area contributed by atoms with E-state index >= 15 is 0 Å². The van der Waals surface area contributed by atoms with Gasteiger partial charge in [0.2, 0.25) is 11.8 Å². The maximum atomic E-state index is 14.3. The minimum Gasteiger partial charge on any atom is -0.469 e. The van der Waals surface area contributed by atoms with E-state index in [2.05, 4.69) is 39.1 Å². The lowest BCUT2D eigenvalue weighted by Crippen LogP contribution is -2.49. The summed E-state index contributed by atoms with van der Waals surface area (Å²) in [6.45, 7) is 3.95. The molecule has 7 heterocycles. The van der Waals surface area contributed by atoms with Gasteiger partial charge in [0.05, 0.1) is 5.56 Å². The Morgan fingerprint density at radius 3 is 2.68 bits per heavy atom. The number of hydrogen-bond donors (Lipinski definition) is 4. The molecule has 1 unspecified atom stereocenters. The fourth-order valence-electron chi connectivity index (χ4n) is 8.77. The van der Waals surface area contributed by atoms with Crippen LogP contribution < -0.4 is 20.7 Å². The van der Waals surface area contributed by atoms with Crippen LogP contribution in [0.25, 0.3) is 44.9 Å². The number of benzene rings is 4. The molecule has 3 aromatic heterocycles. The predicted molar refractivity (Wildman–Crippen MR) is 212 cm³/mol. The van der Waals surface area contributed by atoms with Crippen LogP contribution in [0, 0.1) is 5.92 Å². The first kappa shape index (κ1) is 34.0. The number of carbonyl (C=O) groups is 2. The van der Waals surface area contributed by atoms with Crippen molar-refractivity contribution in [3.63, 3.8) is 0 Å². The number of aromatic nitrogens is 3. The van der Waals surface area contributed by atoms with Crippen LogP contribution in [-0.4, -0.2) is 39.2 Å². The van der Waals surface area contributed by atoms with Crippen molar-refractivity contribution in [2.24, 2.45) is 5.92 Å². The van der Waals surface area contributed by atoms with Crippen molar-refractivity contribution in [1.82, 2.24) is 25.6 Å². The van der Waals surface area contributed by atoms with Crippen molar-refractivity contribution in [1.29, 1.82) is 0 Å². The summed E-state index contributed by atoms with van der Waals surface area (Å²) in [5.41, 5.74) is 6.49. The second kappa shape index (κ2) is 12.4. The third-order valence-corrected chi connectivity index (χ3v) is 12.0. The monoisotopic (exact) mass is 798 g/mol. The smallest absolute Gasteiger partial charge is 0.408 e. The molecule has 0 aliphatic carbocycles. The second-order valence-electron chi connectivity index (χ2n) is 15.1. The molecule has 4 atom stereocenters. The van der Waals surface area contributed by atoms with Crippen molar-refractivity contribution in [2.75, 3.05) is 5.32 Å². The molecule has 0 saturated carbocycles. The van der Waals surface area contributed by atoms with E-state index in [-0.39, 0.29) is 47.3 Å². The highest BCUT2D eigenvalue weighted by atomic mass is 35.5. The Balaban J connectivity index is 1.14. The molecule has 4 aromatic carbocycles. The molecular formula is C43H32Cl2N6O6. The quantitative estimate of drug-likeness (QED) is 0.137. The molecule has 4 aliphatic heterocycles. The second-order valence-corrected chi connectivity index (χ2v) is 15.9. The molecule has 4 aliphatic rings. The molecule has 284 valence electrons. The summed E-state index contributed by atoms with van der Waals surface area (Å²) in [6, 6.07) is 25.6. The van der Waals surface area contributed by atoms with E-state index in [1.807, 2.05) is 80.6 Å². The summed E-state index contributed by atoms with van der Waals surface area (Å²) >= 11 is 13.8. The lowest BCUT2D eigenvalue weighted by molar-refractivity contribution is -0.124. The Morgan fingerprint density at radius 2 is 1.84 bits per heavy atom. The van der Waals surface area contributed by atoms with Crippen LogP contribution in [0.15, 0.2) is 93.8 Å². The number of alkyl carbamates (subject to hydrolysis) is 1. The Morgan fingerprint density at radius 1 is 0.982 bits per heavy atom. The van der Waals surface area contributed by atoms with Gasteiger partial charge in [0.25, 0.3) is 5.89 Å². The van der Waals surface area contributed by atoms with Gasteiger partial charge in [0.15, 0.2) is 28.6 Å². The topological polar surface area (TPSA) is 157 Å². The minimum absolute atomic E-state index is 0.0456. The standard InChI is InChI=1S/C43H32Cl2N6O6/c1-19(2)31-39-49-33-35(57-39)43-25-10-6-9-23(22-12-13-27-24(17-22)30(36(44)46-27)34-37(45)51-40(33)56-34)32(25)50-41(43)55-29-14-11-21(15-26(29)43)16-28(38(52)48-31)47-42(53)54-18-20-7-4-3-5-8-20/h3-15,17,19,28,31,41,46,50H,16,18H2,1-2H3,(H,47,53)(H,48,52)/t28-,31+,41?,43-/m0/s1. The maximum absolute atomic E-state index is 14.3. The molecule has 12 bridgehead atoms. The molecule has 0 saturated heterocycles. The number of nitrogens with zero attached hydrogens (tertiary/aromatic N) is 2. The Bertz CT molecular complexity index is 2830. The average molecular weight is 800 g/mol. The number of nitrogens with one attached hydrogen (secondary N) is 4. The highest BCUT2D eigenvalue weighted by Gasteiger charge is 2.61. The van der Waals surface area contributed by atoms with Gasteiger partial charge in [0, 0.05) is 39.7 Å². The molecule has 11 rings (SSSR count). The molecule has 0 fully saturated rings. The molecule has 4 N–H and O–H groups in total. The number of aromatic amines is 1. The highest BCUT2D eigenvalue weighted by Crippen LogP contribution is 2.61. The fourth-order valence-corrected chi connectivity index (χ4v) is 9.27. The minimum atomic E-state index is -1.13. The fraction of sp³-hybridized carbons (Fsp3) is 0.209. The van der Waals surface area contributed by atoms with Crippen LogP contribution in [0.1, 0.15) is 53.8 Å². The SMILES string of the molecule is CC(C)[C@H]1NC(=O)[C@@H](NC(=O)OCc2ccccc2)Cc2ccc3c(c2)[C@]24c5cccc(c5NC2O3)-c2ccc3[nH]c(Cl)c(c3c2)-c2oc(nc2Cl)-c2nc1oc24. The third kappa shape index (κ3) is 4.99. The molecule has 1 spiro atoms. The summed E-state index contributed by atoms with van der Waals surface area (Å²) in [7, 11) is 0. The number of rotatable bonds is 4. The molecule has 2 amide bonds. The molecular weight excluding hydrogens is 767 g/mol. The summed E-state index contributed by atoms with van der Waals surface area (Å²) in [6.07, 6.45) is -1.26. The zero-order valence-electron chi connectivity index (χ0n) is 30.4. The zero-order valence-corrected chi connectivity index (χ0v) is 31.9. The first-order valence-corrected chi connectivity index (χ1v) is 19.4. The lowest BCUT2D eigenvalue weighted by atomic mass is 9.72. The van der Waals surface area contributed by atoms with Gasteiger partial charge >= 0.3 is 6.09 Å². The van der Waals surface area contributed by atoms with Gasteiger partial charge in [-0.3, -0.25) is 4.79 Å². The molecule has 12 nitrogen and oxygen atoms in total. The zero-order chi connectivity index (χ0) is 38.7. The predicted octanol–water partition coefficient (Wildman–Crippen LogP) is 8.91. The van der Waals surface area contributed by atoms with Gasteiger partial charge < -0.3 is 39.2 Å². The van der Waals surface area contributed by atoms with Crippen molar-refractivity contribution in [3.8, 4) is 39.8 Å². The van der Waals surface area contributed by atoms with E-state index in [9.17, 15) is 9.59 Å². The lowest BCUT2D eigenvalue weighted by Gasteiger charge is -2.28. The van der Waals surface area contributed by atoms with E-state index in [0.717, 1.165) is 50.0 Å². The molecule has 57 heavy (non-hydrogen) atoms. The molecule has 14 heteroatoms. The van der Waals surface area contributed by atoms with Crippen LogP contribution in [0.4, 0.5) is 10.5 Å². The molecule has 7 aromatic rings. The van der Waals surface area contributed by atoms with E-state index in [1.165, 1.54) is 0 Å². The van der Waals surface area contributed by atoms with Crippen LogP contribution in [0.3, 0.4) is 0 Å². The van der Waals surface area contributed by atoms with Gasteiger partial charge in [-0.1, -0.05) is 104 Å². The van der Waals surface area contributed by atoms with Gasteiger partial charge in [-0.05, 0) is 40.8 Å². The van der Waals surface area contributed by atoms with Gasteiger partial charge in [-0.2, -0.15) is 4.98 Å². The Hall–Kier alpha value is -6.24. The largest absolute Gasteiger partial charge is 0.469 e. The number of hydrogen-bond acceptors (Lipinski definition) is 9. The van der Waals surface area contributed by atoms with Crippen molar-refractivity contribution < 1.29 is 27.9 Å². The first-order valence-electron chi connectivity index (χ1n) is 18.6. The highest BCUT2D eigenvalue weighted by molar-refractivity contribution is 6.37. The van der Waals surface area contributed by atoms with Crippen LogP contribution in [0.2, 0.25) is 10.3 Å². The van der Waals surface area contributed by atoms with Gasteiger partial charge in [-0.15, -0.1) is 0 Å². The normalized spacial score (nSPS) is 20.9. The summed E-state index contributed by atoms with van der Waals surface area (Å²) in [5.74, 6) is 0.957. The third-order valence-electron chi connectivity index (χ3n) is 11.4. The summed E-state index contributed by atoms with van der Waals surface area (Å²) in [4.78, 5) is 40.7. The van der Waals surface area contributed by atoms with Gasteiger partial charge in [0.1, 0.15) is 35.0 Å². The van der Waals surface area contributed by atoms with Crippen LogP contribution in [-0.2, 0) is 28.0 Å². The van der Waals surface area contributed by atoms with E-state index in [4.69, 9.17) is 51.5 Å².